The molecule has 0 atom stereocenters. The van der Waals surface area contributed by atoms with E-state index in [-0.39, 0.29) is 0 Å². The largest absolute Gasteiger partial charge is 0.496 e. The third-order valence-corrected chi connectivity index (χ3v) is 4.70. The van der Waals surface area contributed by atoms with E-state index in [4.69, 9.17) is 10.5 Å². The SMILES string of the molecule is COc1c(C)cc(Br)c(-c2c(N)ccc3ccccc23)c1C. The van der Waals surface area contributed by atoms with Crippen LogP contribution in [0.3, 0.4) is 0 Å². The van der Waals surface area contributed by atoms with Crippen LogP contribution in [0.25, 0.3) is 21.9 Å². The lowest BCUT2D eigenvalue weighted by Gasteiger charge is -2.18. The normalized spacial score (nSPS) is 10.9. The standard InChI is InChI=1S/C19H18BrNO/c1-11-10-15(20)17(12(2)19(11)22-3)18-14-7-5-4-6-13(14)8-9-16(18)21/h4-10H,21H2,1-3H3. The van der Waals surface area contributed by atoms with Crippen LogP contribution in [0, 0.1) is 13.8 Å². The molecular formula is C19H18BrNO. The fraction of sp³-hybridized carbons (Fsp3) is 0.158. The monoisotopic (exact) mass is 355 g/mol. The average Bonchev–Trinajstić information content (AvgIpc) is 2.49. The number of hydrogen-bond acceptors (Lipinski definition) is 2. The van der Waals surface area contributed by atoms with Gasteiger partial charge in [0.2, 0.25) is 0 Å². The van der Waals surface area contributed by atoms with Crippen LogP contribution in [0.5, 0.6) is 5.75 Å². The molecule has 3 aromatic rings. The minimum absolute atomic E-state index is 0.772. The third kappa shape index (κ3) is 2.26. The molecule has 0 aliphatic rings. The molecule has 0 fully saturated rings. The molecule has 3 rings (SSSR count). The van der Waals surface area contributed by atoms with Crippen LogP contribution in [0.4, 0.5) is 5.69 Å². The van der Waals surface area contributed by atoms with E-state index in [0.717, 1.165) is 43.5 Å². The first-order valence-corrected chi connectivity index (χ1v) is 7.95. The minimum atomic E-state index is 0.772. The molecular weight excluding hydrogens is 338 g/mol. The van der Waals surface area contributed by atoms with Crippen LogP contribution in [-0.4, -0.2) is 7.11 Å². The molecule has 0 aromatic heterocycles. The zero-order valence-corrected chi connectivity index (χ0v) is 14.5. The maximum Gasteiger partial charge on any atom is 0.125 e. The van der Waals surface area contributed by atoms with E-state index >= 15 is 0 Å². The van der Waals surface area contributed by atoms with Crippen molar-refractivity contribution in [2.45, 2.75) is 13.8 Å². The van der Waals surface area contributed by atoms with E-state index < -0.39 is 0 Å². The van der Waals surface area contributed by atoms with E-state index in [0.29, 0.717) is 0 Å². The first-order valence-electron chi connectivity index (χ1n) is 7.16. The number of benzene rings is 3. The summed E-state index contributed by atoms with van der Waals surface area (Å²) in [4.78, 5) is 0. The number of anilines is 1. The predicted molar refractivity (Wildman–Crippen MR) is 97.5 cm³/mol. The summed E-state index contributed by atoms with van der Waals surface area (Å²) in [5.41, 5.74) is 11.4. The van der Waals surface area contributed by atoms with Gasteiger partial charge in [-0.25, -0.2) is 0 Å². The third-order valence-electron chi connectivity index (χ3n) is 4.07. The van der Waals surface area contributed by atoms with Crippen molar-refractivity contribution in [1.82, 2.24) is 0 Å². The quantitative estimate of drug-likeness (QED) is 0.618. The Morgan fingerprint density at radius 3 is 2.45 bits per heavy atom. The highest BCUT2D eigenvalue weighted by Crippen LogP contribution is 2.43. The van der Waals surface area contributed by atoms with Crippen LogP contribution in [0.15, 0.2) is 46.9 Å². The molecule has 22 heavy (non-hydrogen) atoms. The van der Waals surface area contributed by atoms with Crippen molar-refractivity contribution in [3.8, 4) is 16.9 Å². The Morgan fingerprint density at radius 2 is 1.73 bits per heavy atom. The van der Waals surface area contributed by atoms with Crippen LogP contribution in [0.2, 0.25) is 0 Å². The first kappa shape index (κ1) is 14.9. The molecule has 0 spiro atoms. The van der Waals surface area contributed by atoms with Gasteiger partial charge in [0.1, 0.15) is 5.75 Å². The van der Waals surface area contributed by atoms with Crippen molar-refractivity contribution in [2.24, 2.45) is 0 Å². The summed E-state index contributed by atoms with van der Waals surface area (Å²) in [6, 6.07) is 14.4. The zero-order valence-electron chi connectivity index (χ0n) is 12.9. The smallest absolute Gasteiger partial charge is 0.125 e. The molecule has 3 aromatic carbocycles. The predicted octanol–water partition coefficient (Wildman–Crippen LogP) is 5.48. The lowest BCUT2D eigenvalue weighted by Crippen LogP contribution is -1.98. The summed E-state index contributed by atoms with van der Waals surface area (Å²) in [6.45, 7) is 4.12. The molecule has 0 aliphatic carbocycles. The molecule has 0 bridgehead atoms. The van der Waals surface area contributed by atoms with Crippen molar-refractivity contribution >= 4 is 32.4 Å². The van der Waals surface area contributed by atoms with E-state index in [1.165, 1.54) is 5.39 Å². The molecule has 0 radical (unpaired) electrons. The summed E-state index contributed by atoms with van der Waals surface area (Å²) >= 11 is 3.71. The van der Waals surface area contributed by atoms with Crippen molar-refractivity contribution in [1.29, 1.82) is 0 Å². The van der Waals surface area contributed by atoms with Crippen LogP contribution in [-0.2, 0) is 0 Å². The minimum Gasteiger partial charge on any atom is -0.496 e. The summed E-state index contributed by atoms with van der Waals surface area (Å²) < 4.78 is 6.62. The molecule has 0 saturated carbocycles. The molecule has 0 aliphatic heterocycles. The Hall–Kier alpha value is -2.00. The second kappa shape index (κ2) is 5.65. The number of hydrogen-bond donors (Lipinski definition) is 1. The number of nitrogens with two attached hydrogens (primary N) is 1. The topological polar surface area (TPSA) is 35.2 Å². The molecule has 3 heteroatoms. The van der Waals surface area contributed by atoms with E-state index in [2.05, 4.69) is 47.1 Å². The van der Waals surface area contributed by atoms with Gasteiger partial charge in [0.25, 0.3) is 0 Å². The number of nitrogen functional groups attached to an aromatic ring is 1. The first-order chi connectivity index (χ1) is 10.5. The Morgan fingerprint density at radius 1 is 1.00 bits per heavy atom. The maximum atomic E-state index is 6.32. The number of halogens is 1. The Bertz CT molecular complexity index is 871. The molecule has 0 heterocycles. The van der Waals surface area contributed by atoms with Crippen LogP contribution >= 0.6 is 15.9 Å². The highest BCUT2D eigenvalue weighted by molar-refractivity contribution is 9.10. The number of aryl methyl sites for hydroxylation is 1. The van der Waals surface area contributed by atoms with E-state index in [9.17, 15) is 0 Å². The van der Waals surface area contributed by atoms with Crippen LogP contribution < -0.4 is 10.5 Å². The van der Waals surface area contributed by atoms with Crippen LogP contribution in [0.1, 0.15) is 11.1 Å². The highest BCUT2D eigenvalue weighted by Gasteiger charge is 2.18. The number of ether oxygens (including phenoxy) is 1. The van der Waals surface area contributed by atoms with Crippen molar-refractivity contribution in [3.63, 3.8) is 0 Å². The molecule has 0 saturated heterocycles. The second-order valence-corrected chi connectivity index (χ2v) is 6.31. The second-order valence-electron chi connectivity index (χ2n) is 5.46. The lowest BCUT2D eigenvalue weighted by atomic mass is 9.92. The van der Waals surface area contributed by atoms with Gasteiger partial charge in [0.15, 0.2) is 0 Å². The molecule has 112 valence electrons. The summed E-state index contributed by atoms with van der Waals surface area (Å²) in [7, 11) is 1.71. The van der Waals surface area contributed by atoms with Gasteiger partial charge < -0.3 is 10.5 Å². The van der Waals surface area contributed by atoms with Gasteiger partial charge in [0, 0.05) is 26.9 Å². The number of rotatable bonds is 2. The van der Waals surface area contributed by atoms with Crippen molar-refractivity contribution < 1.29 is 4.74 Å². The van der Waals surface area contributed by atoms with Gasteiger partial charge in [-0.1, -0.05) is 46.3 Å². The zero-order chi connectivity index (χ0) is 15.9. The van der Waals surface area contributed by atoms with Gasteiger partial charge in [0.05, 0.1) is 7.11 Å². The molecule has 2 nitrogen and oxygen atoms in total. The fourth-order valence-corrected chi connectivity index (χ4v) is 3.94. The van der Waals surface area contributed by atoms with Crippen molar-refractivity contribution in [3.05, 3.63) is 58.1 Å². The van der Waals surface area contributed by atoms with E-state index in [1.807, 2.05) is 25.1 Å². The Labute approximate surface area is 139 Å². The highest BCUT2D eigenvalue weighted by atomic mass is 79.9. The van der Waals surface area contributed by atoms with Gasteiger partial charge in [-0.3, -0.25) is 0 Å². The molecule has 0 amide bonds. The summed E-state index contributed by atoms with van der Waals surface area (Å²) in [5, 5.41) is 2.33. The molecule has 0 unspecified atom stereocenters. The van der Waals surface area contributed by atoms with Gasteiger partial charge in [-0.15, -0.1) is 0 Å². The fourth-order valence-electron chi connectivity index (χ4n) is 3.10. The van der Waals surface area contributed by atoms with Gasteiger partial charge in [-0.2, -0.15) is 0 Å². The average molecular weight is 356 g/mol. The maximum absolute atomic E-state index is 6.32. The molecule has 2 N–H and O–H groups in total. The van der Waals surface area contributed by atoms with Crippen molar-refractivity contribution in [2.75, 3.05) is 12.8 Å². The van der Waals surface area contributed by atoms with E-state index in [1.54, 1.807) is 7.11 Å². The number of methoxy groups -OCH3 is 1. The lowest BCUT2D eigenvalue weighted by molar-refractivity contribution is 0.408. The summed E-state index contributed by atoms with van der Waals surface area (Å²) in [5.74, 6) is 0.908. The van der Waals surface area contributed by atoms with Gasteiger partial charge >= 0.3 is 0 Å². The Balaban J connectivity index is 2.45. The van der Waals surface area contributed by atoms with Gasteiger partial charge in [-0.05, 0) is 42.3 Å². The summed E-state index contributed by atoms with van der Waals surface area (Å²) in [6.07, 6.45) is 0. The number of fused-ring (bicyclic) bond motifs is 1. The Kier molecular flexibility index (Phi) is 3.83.